The van der Waals surface area contributed by atoms with E-state index in [2.05, 4.69) is 46.3 Å². The van der Waals surface area contributed by atoms with Crippen LogP contribution in [-0.4, -0.2) is 35.1 Å². The van der Waals surface area contributed by atoms with Gasteiger partial charge in [0.25, 0.3) is 0 Å². The molecule has 7 nitrogen and oxygen atoms in total. The zero-order chi connectivity index (χ0) is 13.2. The van der Waals surface area contributed by atoms with Crippen LogP contribution >= 0.6 is 0 Å². The molecule has 18 heavy (non-hydrogen) atoms. The maximum Gasteiger partial charge on any atom is 0.148 e. The Morgan fingerprint density at radius 2 is 1.78 bits per heavy atom. The van der Waals surface area contributed by atoms with Gasteiger partial charge >= 0.3 is 0 Å². The lowest BCUT2D eigenvalue weighted by Crippen LogP contribution is -2.36. The van der Waals surface area contributed by atoms with Crippen molar-refractivity contribution in [3.05, 3.63) is 24.3 Å². The van der Waals surface area contributed by atoms with Gasteiger partial charge in [-0.3, -0.25) is 4.68 Å². The maximum absolute atomic E-state index is 4.26. The van der Waals surface area contributed by atoms with E-state index in [1.54, 1.807) is 17.3 Å². The molecule has 0 amide bonds. The Kier molecular flexibility index (Phi) is 3.42. The molecule has 0 bridgehead atoms. The van der Waals surface area contributed by atoms with Gasteiger partial charge < -0.3 is 5.32 Å². The summed E-state index contributed by atoms with van der Waals surface area (Å²) in [4.78, 5) is 8.44. The summed E-state index contributed by atoms with van der Waals surface area (Å²) in [5, 5.41) is 11.7. The first-order chi connectivity index (χ1) is 8.46. The molecule has 2 rings (SSSR count). The molecule has 0 aliphatic carbocycles. The molecule has 0 unspecified atom stereocenters. The van der Waals surface area contributed by atoms with Crippen LogP contribution in [0.25, 0.3) is 0 Å². The number of nitrogens with zero attached hydrogens (tertiary/aromatic N) is 6. The minimum Gasteiger partial charge on any atom is -0.305 e. The Hall–Kier alpha value is -1.76. The van der Waals surface area contributed by atoms with E-state index in [1.807, 2.05) is 11.7 Å². The Morgan fingerprint density at radius 1 is 1.11 bits per heavy atom. The van der Waals surface area contributed by atoms with Gasteiger partial charge in [0.2, 0.25) is 0 Å². The molecule has 0 aromatic carbocycles. The van der Waals surface area contributed by atoms with E-state index in [9.17, 15) is 0 Å². The lowest BCUT2D eigenvalue weighted by atomic mass is 10.1. The van der Waals surface area contributed by atoms with E-state index in [1.165, 1.54) is 0 Å². The summed E-state index contributed by atoms with van der Waals surface area (Å²) in [5.74, 6) is 1.76. The highest BCUT2D eigenvalue weighted by atomic mass is 15.4. The third-order valence-corrected chi connectivity index (χ3v) is 2.57. The predicted molar refractivity (Wildman–Crippen MR) is 66.7 cm³/mol. The Morgan fingerprint density at radius 3 is 2.39 bits per heavy atom. The molecule has 0 aliphatic heterocycles. The third kappa shape index (κ3) is 3.13. The van der Waals surface area contributed by atoms with Crippen LogP contribution in [0.2, 0.25) is 0 Å². The van der Waals surface area contributed by atoms with E-state index in [0.29, 0.717) is 13.1 Å². The minimum atomic E-state index is 0.0571. The number of hydrogen-bond acceptors (Lipinski definition) is 5. The van der Waals surface area contributed by atoms with Crippen LogP contribution in [0.15, 0.2) is 12.7 Å². The molecule has 2 heterocycles. The highest BCUT2D eigenvalue weighted by Gasteiger charge is 2.12. The van der Waals surface area contributed by atoms with E-state index < -0.39 is 0 Å². The first-order valence-corrected chi connectivity index (χ1v) is 5.90. The van der Waals surface area contributed by atoms with E-state index in [-0.39, 0.29) is 5.54 Å². The van der Waals surface area contributed by atoms with Gasteiger partial charge in [0.15, 0.2) is 0 Å². The monoisotopic (exact) mass is 249 g/mol. The van der Waals surface area contributed by atoms with Crippen LogP contribution < -0.4 is 5.32 Å². The summed E-state index contributed by atoms with van der Waals surface area (Å²) in [7, 11) is 1.87. The standard InChI is InChI=1S/C11H19N7/c1-11(2,3)14-5-9-12-8-16-18(9)6-10-13-7-15-17(10)4/h7-8,14H,5-6H2,1-4H3. The molecule has 0 saturated heterocycles. The third-order valence-electron chi connectivity index (χ3n) is 2.57. The minimum absolute atomic E-state index is 0.0571. The van der Waals surface area contributed by atoms with Gasteiger partial charge in [0.05, 0.1) is 6.54 Å². The van der Waals surface area contributed by atoms with Gasteiger partial charge in [-0.05, 0) is 20.8 Å². The fourth-order valence-electron chi connectivity index (χ4n) is 1.50. The zero-order valence-corrected chi connectivity index (χ0v) is 11.3. The molecule has 1 N–H and O–H groups in total. The SMILES string of the molecule is Cn1ncnc1Cn1ncnc1CNC(C)(C)C. The highest BCUT2D eigenvalue weighted by molar-refractivity contribution is 4.92. The van der Waals surface area contributed by atoms with Gasteiger partial charge in [-0.25, -0.2) is 14.6 Å². The molecule has 0 atom stereocenters. The van der Waals surface area contributed by atoms with Crippen LogP contribution in [0, 0.1) is 0 Å². The number of rotatable bonds is 4. The normalized spacial score (nSPS) is 12.0. The van der Waals surface area contributed by atoms with Gasteiger partial charge in [-0.15, -0.1) is 0 Å². The first-order valence-electron chi connectivity index (χ1n) is 5.90. The lowest BCUT2D eigenvalue weighted by molar-refractivity contribution is 0.409. The summed E-state index contributed by atoms with van der Waals surface area (Å²) < 4.78 is 3.57. The number of aryl methyl sites for hydroxylation is 1. The summed E-state index contributed by atoms with van der Waals surface area (Å²) in [5.41, 5.74) is 0.0571. The molecule has 0 radical (unpaired) electrons. The van der Waals surface area contributed by atoms with Gasteiger partial charge in [-0.2, -0.15) is 10.2 Å². The fourth-order valence-corrected chi connectivity index (χ4v) is 1.50. The Bertz CT molecular complexity index is 505. The van der Waals surface area contributed by atoms with Crippen molar-refractivity contribution in [3.63, 3.8) is 0 Å². The first kappa shape index (κ1) is 12.7. The number of aromatic nitrogens is 6. The van der Waals surface area contributed by atoms with Crippen LogP contribution in [0.4, 0.5) is 0 Å². The molecule has 0 spiro atoms. The molecule has 7 heteroatoms. The molecule has 2 aromatic rings. The van der Waals surface area contributed by atoms with Gasteiger partial charge in [-0.1, -0.05) is 0 Å². The summed E-state index contributed by atoms with van der Waals surface area (Å²) in [6, 6.07) is 0. The quantitative estimate of drug-likeness (QED) is 0.846. The molecular formula is C11H19N7. The van der Waals surface area contributed by atoms with Crippen molar-refractivity contribution in [3.8, 4) is 0 Å². The second-order valence-corrected chi connectivity index (χ2v) is 5.24. The summed E-state index contributed by atoms with van der Waals surface area (Å²) >= 11 is 0. The molecular weight excluding hydrogens is 230 g/mol. The molecule has 98 valence electrons. The number of hydrogen-bond donors (Lipinski definition) is 1. The molecule has 0 fully saturated rings. The maximum atomic E-state index is 4.26. The second-order valence-electron chi connectivity index (χ2n) is 5.24. The van der Waals surface area contributed by atoms with Crippen LogP contribution in [-0.2, 0) is 20.1 Å². The predicted octanol–water partition coefficient (Wildman–Crippen LogP) is 0.343. The molecule has 0 aliphatic rings. The molecule has 0 saturated carbocycles. The second kappa shape index (κ2) is 4.85. The average molecular weight is 249 g/mol. The smallest absolute Gasteiger partial charge is 0.148 e. The number of nitrogens with one attached hydrogen (secondary N) is 1. The van der Waals surface area contributed by atoms with Crippen molar-refractivity contribution in [2.75, 3.05) is 0 Å². The van der Waals surface area contributed by atoms with E-state index in [0.717, 1.165) is 11.6 Å². The average Bonchev–Trinajstić information content (AvgIpc) is 2.86. The Balaban J connectivity index is 2.06. The lowest BCUT2D eigenvalue weighted by Gasteiger charge is -2.20. The van der Waals surface area contributed by atoms with E-state index >= 15 is 0 Å². The van der Waals surface area contributed by atoms with Crippen LogP contribution in [0.1, 0.15) is 32.4 Å². The summed E-state index contributed by atoms with van der Waals surface area (Å²) in [6.07, 6.45) is 3.11. The summed E-state index contributed by atoms with van der Waals surface area (Å²) in [6.45, 7) is 7.63. The largest absolute Gasteiger partial charge is 0.305 e. The molecule has 2 aromatic heterocycles. The van der Waals surface area contributed by atoms with E-state index in [4.69, 9.17) is 0 Å². The van der Waals surface area contributed by atoms with Crippen molar-refractivity contribution in [2.45, 2.75) is 39.4 Å². The highest BCUT2D eigenvalue weighted by Crippen LogP contribution is 2.03. The van der Waals surface area contributed by atoms with Crippen molar-refractivity contribution in [2.24, 2.45) is 7.05 Å². The van der Waals surface area contributed by atoms with Gasteiger partial charge in [0.1, 0.15) is 30.8 Å². The van der Waals surface area contributed by atoms with Crippen molar-refractivity contribution in [1.82, 2.24) is 34.8 Å². The fraction of sp³-hybridized carbons (Fsp3) is 0.636. The topological polar surface area (TPSA) is 73.5 Å². The van der Waals surface area contributed by atoms with Crippen LogP contribution in [0.5, 0.6) is 0 Å². The van der Waals surface area contributed by atoms with Crippen LogP contribution in [0.3, 0.4) is 0 Å². The van der Waals surface area contributed by atoms with Gasteiger partial charge in [0, 0.05) is 12.6 Å². The van der Waals surface area contributed by atoms with Crippen molar-refractivity contribution < 1.29 is 0 Å². The zero-order valence-electron chi connectivity index (χ0n) is 11.3. The van der Waals surface area contributed by atoms with Crippen molar-refractivity contribution >= 4 is 0 Å². The Labute approximate surface area is 106 Å². The van der Waals surface area contributed by atoms with Crippen molar-refractivity contribution in [1.29, 1.82) is 0 Å².